The molecule has 38 heavy (non-hydrogen) atoms. The summed E-state index contributed by atoms with van der Waals surface area (Å²) in [6, 6.07) is -0.638. The van der Waals surface area contributed by atoms with Crippen molar-refractivity contribution >= 4 is 43.2 Å². The van der Waals surface area contributed by atoms with Gasteiger partial charge in [-0.2, -0.15) is 0 Å². The van der Waals surface area contributed by atoms with Gasteiger partial charge in [-0.05, 0) is 83.2 Å². The highest BCUT2D eigenvalue weighted by molar-refractivity contribution is 15.0. The van der Waals surface area contributed by atoms with E-state index < -0.39 is 12.0 Å². The molecule has 1 rings (SSSR count). The van der Waals surface area contributed by atoms with Crippen LogP contribution in [0.15, 0.2) is 0 Å². The molecule has 0 aromatic heterocycles. The van der Waals surface area contributed by atoms with Gasteiger partial charge in [-0.15, -0.1) is 0 Å². The molecular formula is C26H54I2N4O6. The lowest BCUT2D eigenvalue weighted by Gasteiger charge is -2.54. The van der Waals surface area contributed by atoms with Crippen LogP contribution in [0.4, 0.5) is 0 Å². The second kappa shape index (κ2) is 18.2. The van der Waals surface area contributed by atoms with Crippen molar-refractivity contribution in [2.45, 2.75) is 143 Å². The summed E-state index contributed by atoms with van der Waals surface area (Å²) in [6.07, 6.45) is 0. The number of likely N-dealkylation sites (N-methyl/N-ethyl adjacent to an activating group) is 1. The van der Waals surface area contributed by atoms with Crippen molar-refractivity contribution in [3.8, 4) is 0 Å². The van der Waals surface area contributed by atoms with Crippen LogP contribution in [0.3, 0.4) is 0 Å². The summed E-state index contributed by atoms with van der Waals surface area (Å²) in [7, 11) is 2.11. The maximum Gasteiger partial charge on any atom is 0.320 e. The Kier molecular flexibility index (Phi) is 18.5. The third-order valence-corrected chi connectivity index (χ3v) is 9.35. The summed E-state index contributed by atoms with van der Waals surface area (Å²) >= 11 is 4.24. The zero-order valence-corrected chi connectivity index (χ0v) is 29.7. The Morgan fingerprint density at radius 3 is 1.21 bits per heavy atom. The Bertz CT molecular complexity index is 684. The van der Waals surface area contributed by atoms with Crippen molar-refractivity contribution in [2.24, 2.45) is 0 Å². The minimum Gasteiger partial charge on any atom is -0.480 e. The standard InChI is InChI=1S/C26H54N4O6.I2/c1-15(13-35-33)28-19(5)17(3)27(12)18(4)20(6)30(25(11)26(31)32)24(10)23(9)29(16(2)14-36-34)22(8)21(28)7;1-2/h15-25,33-34H,13-14H2,1-12H3,(H,31,32);. The highest BCUT2D eigenvalue weighted by Crippen LogP contribution is 2.30. The van der Waals surface area contributed by atoms with Crippen molar-refractivity contribution in [2.75, 3.05) is 20.3 Å². The third-order valence-electron chi connectivity index (χ3n) is 9.35. The van der Waals surface area contributed by atoms with E-state index in [0.717, 1.165) is 0 Å². The van der Waals surface area contributed by atoms with Crippen LogP contribution < -0.4 is 0 Å². The molecule has 0 spiro atoms. The Labute approximate surface area is 254 Å². The topological polar surface area (TPSA) is 109 Å². The van der Waals surface area contributed by atoms with E-state index in [1.54, 1.807) is 6.92 Å². The van der Waals surface area contributed by atoms with Gasteiger partial charge >= 0.3 is 5.97 Å². The van der Waals surface area contributed by atoms with Crippen molar-refractivity contribution in [1.29, 1.82) is 0 Å². The van der Waals surface area contributed by atoms with Crippen molar-refractivity contribution in [3.63, 3.8) is 0 Å². The van der Waals surface area contributed by atoms with Crippen LogP contribution in [-0.4, -0.2) is 128 Å². The van der Waals surface area contributed by atoms with Crippen molar-refractivity contribution < 1.29 is 30.2 Å². The van der Waals surface area contributed by atoms with Gasteiger partial charge in [0.2, 0.25) is 0 Å². The lowest BCUT2D eigenvalue weighted by molar-refractivity contribution is -0.257. The van der Waals surface area contributed by atoms with Gasteiger partial charge < -0.3 is 5.11 Å². The van der Waals surface area contributed by atoms with Crippen molar-refractivity contribution in [3.05, 3.63) is 0 Å². The number of nitrogens with zero attached hydrogens (tertiary/aromatic N) is 4. The molecule has 0 saturated carbocycles. The molecule has 0 bridgehead atoms. The van der Waals surface area contributed by atoms with Gasteiger partial charge in [0.1, 0.15) is 6.04 Å². The van der Waals surface area contributed by atoms with E-state index in [2.05, 4.69) is 136 Å². The van der Waals surface area contributed by atoms with Crippen LogP contribution in [0.1, 0.15) is 76.2 Å². The fourth-order valence-corrected chi connectivity index (χ4v) is 6.49. The summed E-state index contributed by atoms with van der Waals surface area (Å²) in [5, 5.41) is 28.6. The molecule has 1 heterocycles. The number of aliphatic carboxylic acids is 1. The fraction of sp³-hybridized carbons (Fsp3) is 0.962. The lowest BCUT2D eigenvalue weighted by Crippen LogP contribution is -2.68. The number of carboxylic acid groups (broad SMARTS) is 1. The normalized spacial score (nSPS) is 35.8. The van der Waals surface area contributed by atoms with E-state index >= 15 is 0 Å². The molecule has 1 saturated heterocycles. The molecule has 10 nitrogen and oxygen atoms in total. The fourth-order valence-electron chi connectivity index (χ4n) is 6.49. The number of rotatable bonds is 8. The molecule has 0 amide bonds. The van der Waals surface area contributed by atoms with Crippen LogP contribution in [-0.2, 0) is 14.6 Å². The molecule has 1 fully saturated rings. The molecule has 228 valence electrons. The summed E-state index contributed by atoms with van der Waals surface area (Å²) in [6.45, 7) is 23.5. The highest BCUT2D eigenvalue weighted by atomic mass is 128. The lowest BCUT2D eigenvalue weighted by atomic mass is 9.92. The molecule has 1 aliphatic rings. The summed E-state index contributed by atoms with van der Waals surface area (Å²) in [5.41, 5.74) is 0. The van der Waals surface area contributed by atoms with E-state index in [1.807, 2.05) is 6.92 Å². The Hall–Kier alpha value is 0.610. The van der Waals surface area contributed by atoms with E-state index in [4.69, 9.17) is 0 Å². The van der Waals surface area contributed by atoms with Gasteiger partial charge in [0.15, 0.2) is 0 Å². The maximum absolute atomic E-state index is 12.2. The molecule has 12 heteroatoms. The van der Waals surface area contributed by atoms with Gasteiger partial charge in [-0.1, -0.05) is 0 Å². The van der Waals surface area contributed by atoms with Crippen molar-refractivity contribution in [1.82, 2.24) is 19.6 Å². The Morgan fingerprint density at radius 1 is 0.658 bits per heavy atom. The second-order valence-electron chi connectivity index (χ2n) is 11.2. The predicted octanol–water partition coefficient (Wildman–Crippen LogP) is 4.95. The smallest absolute Gasteiger partial charge is 0.320 e. The quantitative estimate of drug-likeness (QED) is 0.178. The summed E-state index contributed by atoms with van der Waals surface area (Å²) in [4.78, 5) is 30.6. The first kappa shape index (κ1) is 38.6. The van der Waals surface area contributed by atoms with Crippen LogP contribution in [0, 0.1) is 0 Å². The van der Waals surface area contributed by atoms with E-state index in [0.29, 0.717) is 0 Å². The SMILES string of the molecule is CC1C(C)N(C(C)COO)C(C)C(C)N(C(C)COO)C(C)C(C)N(C(C)C(=O)O)C(C)C(C)N1C.II. The molecule has 0 radical (unpaired) electrons. The maximum atomic E-state index is 12.2. The van der Waals surface area contributed by atoms with E-state index in [1.165, 1.54) is 0 Å². The monoisotopic (exact) mass is 772 g/mol. The van der Waals surface area contributed by atoms with Crippen LogP contribution in [0.2, 0.25) is 0 Å². The average molecular weight is 773 g/mol. The van der Waals surface area contributed by atoms with E-state index in [-0.39, 0.29) is 73.6 Å². The van der Waals surface area contributed by atoms with E-state index in [9.17, 15) is 20.4 Å². The number of hydrogen-bond acceptors (Lipinski definition) is 9. The van der Waals surface area contributed by atoms with Gasteiger partial charge in [-0.25, -0.2) is 9.78 Å². The highest BCUT2D eigenvalue weighted by Gasteiger charge is 2.44. The van der Waals surface area contributed by atoms with Gasteiger partial charge in [0, 0.05) is 97.7 Å². The zero-order valence-electron chi connectivity index (χ0n) is 25.4. The van der Waals surface area contributed by atoms with Crippen LogP contribution >= 0.6 is 37.2 Å². The molecule has 1 aliphatic heterocycles. The molecular weight excluding hydrogens is 718 g/mol. The minimum absolute atomic E-state index is 0.0165. The summed E-state index contributed by atoms with van der Waals surface area (Å²) < 4.78 is 0. The van der Waals surface area contributed by atoms with Crippen LogP contribution in [0.5, 0.6) is 0 Å². The molecule has 0 aliphatic carbocycles. The number of carboxylic acids is 1. The zero-order chi connectivity index (χ0) is 30.1. The average Bonchev–Trinajstić information content (AvgIpc) is 2.87. The number of carbonyl (C=O) groups is 1. The van der Waals surface area contributed by atoms with Gasteiger partial charge in [0.05, 0.1) is 13.2 Å². The molecule has 11 unspecified atom stereocenters. The third kappa shape index (κ3) is 9.31. The molecule has 0 aromatic carbocycles. The largest absolute Gasteiger partial charge is 0.480 e. The molecule has 11 atom stereocenters. The molecule has 0 aromatic rings. The van der Waals surface area contributed by atoms with Gasteiger partial charge in [0.25, 0.3) is 0 Å². The Morgan fingerprint density at radius 2 is 0.921 bits per heavy atom. The summed E-state index contributed by atoms with van der Waals surface area (Å²) in [5.74, 6) is -0.840. The Balaban J connectivity index is 0.00000667. The second-order valence-corrected chi connectivity index (χ2v) is 11.2. The minimum atomic E-state index is -0.840. The first-order chi connectivity index (χ1) is 17.6. The molecule has 3 N–H and O–H groups in total. The van der Waals surface area contributed by atoms with Gasteiger partial charge in [-0.3, -0.25) is 34.9 Å². The van der Waals surface area contributed by atoms with Crippen LogP contribution in [0.25, 0.3) is 0 Å². The first-order valence-corrected chi connectivity index (χ1v) is 19.9. The predicted molar refractivity (Wildman–Crippen MR) is 170 cm³/mol. The first-order valence-electron chi connectivity index (χ1n) is 13.6. The number of halogens is 2. The number of hydrogen-bond donors (Lipinski definition) is 3.